The Bertz CT molecular complexity index is 1300. The van der Waals surface area contributed by atoms with Crippen molar-refractivity contribution in [2.75, 3.05) is 21.3 Å². The Morgan fingerprint density at radius 1 is 0.889 bits per heavy atom. The van der Waals surface area contributed by atoms with Gasteiger partial charge in [0.15, 0.2) is 11.5 Å². The number of methoxy groups -OCH3 is 3. The number of ether oxygens (including phenoxy) is 3. The number of sulfonamides is 1. The van der Waals surface area contributed by atoms with E-state index in [1.54, 1.807) is 26.2 Å². The average Bonchev–Trinajstić information content (AvgIpc) is 2.88. The molecule has 3 aromatic rings. The van der Waals surface area contributed by atoms with Crippen LogP contribution in [0.5, 0.6) is 17.2 Å². The van der Waals surface area contributed by atoms with E-state index in [0.29, 0.717) is 17.2 Å². The van der Waals surface area contributed by atoms with Gasteiger partial charge in [-0.05, 0) is 54.8 Å². The monoisotopic (exact) mass is 532 g/mol. The third-order valence-corrected chi connectivity index (χ3v) is 7.36. The van der Waals surface area contributed by atoms with E-state index in [1.165, 1.54) is 32.4 Å². The number of carbonyl (C=O) groups is 1. The largest absolute Gasteiger partial charge is 0.495 e. The van der Waals surface area contributed by atoms with Gasteiger partial charge in [0.1, 0.15) is 11.8 Å². The third kappa shape index (κ3) is 6.69. The summed E-state index contributed by atoms with van der Waals surface area (Å²) in [5.74, 6) is 0.948. The zero-order valence-corrected chi connectivity index (χ0v) is 22.0. The van der Waals surface area contributed by atoms with Crippen LogP contribution >= 0.6 is 11.6 Å². The molecule has 0 saturated carbocycles. The molecule has 1 amide bonds. The van der Waals surface area contributed by atoms with Crippen molar-refractivity contribution in [2.24, 2.45) is 0 Å². The molecule has 2 atom stereocenters. The lowest BCUT2D eigenvalue weighted by Gasteiger charge is -2.22. The minimum absolute atomic E-state index is 0.0768. The molecular weight excluding hydrogens is 504 g/mol. The van der Waals surface area contributed by atoms with Gasteiger partial charge in [0.2, 0.25) is 15.9 Å². The molecule has 0 aliphatic rings. The molecule has 0 saturated heterocycles. The van der Waals surface area contributed by atoms with E-state index < -0.39 is 28.0 Å². The molecule has 0 unspecified atom stereocenters. The van der Waals surface area contributed by atoms with Gasteiger partial charge in [-0.2, -0.15) is 4.72 Å². The SMILES string of the molecule is COc1ccc(S(=O)(=O)N[C@@H](Cc2ccccc2)C(=O)N[C@H](C)c2ccc(OC)c(OC)c2)cc1Cl. The van der Waals surface area contributed by atoms with E-state index >= 15 is 0 Å². The van der Waals surface area contributed by atoms with Gasteiger partial charge in [0.25, 0.3) is 0 Å². The van der Waals surface area contributed by atoms with E-state index in [-0.39, 0.29) is 16.3 Å². The quantitative estimate of drug-likeness (QED) is 0.385. The van der Waals surface area contributed by atoms with E-state index in [0.717, 1.165) is 11.1 Å². The summed E-state index contributed by atoms with van der Waals surface area (Å²) < 4.78 is 44.6. The summed E-state index contributed by atoms with van der Waals surface area (Å²) in [6, 6.07) is 17.1. The predicted molar refractivity (Wildman–Crippen MR) is 138 cm³/mol. The van der Waals surface area contributed by atoms with Gasteiger partial charge in [0, 0.05) is 0 Å². The molecule has 0 heterocycles. The first-order valence-corrected chi connectivity index (χ1v) is 13.0. The molecule has 0 spiro atoms. The van der Waals surface area contributed by atoms with E-state index in [9.17, 15) is 13.2 Å². The summed E-state index contributed by atoms with van der Waals surface area (Å²) >= 11 is 6.13. The summed E-state index contributed by atoms with van der Waals surface area (Å²) in [7, 11) is 0.428. The van der Waals surface area contributed by atoms with Crippen molar-refractivity contribution in [3.8, 4) is 17.2 Å². The van der Waals surface area contributed by atoms with E-state index in [1.807, 2.05) is 36.4 Å². The fraction of sp³-hybridized carbons (Fsp3) is 0.269. The van der Waals surface area contributed by atoms with Crippen molar-refractivity contribution in [1.29, 1.82) is 0 Å². The van der Waals surface area contributed by atoms with Crippen LogP contribution in [-0.2, 0) is 21.2 Å². The highest BCUT2D eigenvalue weighted by atomic mass is 35.5. The molecule has 2 N–H and O–H groups in total. The standard InChI is InChI=1S/C26H29ClN2O6S/c1-17(19-10-12-24(34-3)25(15-19)35-4)28-26(30)22(14-18-8-6-5-7-9-18)29-36(31,32)20-11-13-23(33-2)21(27)16-20/h5-13,15-17,22,29H,14H2,1-4H3,(H,28,30)/t17-,22+/m1/s1. The summed E-state index contributed by atoms with van der Waals surface area (Å²) in [6.07, 6.45) is 0.147. The zero-order valence-electron chi connectivity index (χ0n) is 20.4. The van der Waals surface area contributed by atoms with Crippen LogP contribution in [0.1, 0.15) is 24.1 Å². The first-order chi connectivity index (χ1) is 17.2. The Morgan fingerprint density at radius 2 is 1.53 bits per heavy atom. The molecule has 0 aliphatic heterocycles. The number of amides is 1. The minimum Gasteiger partial charge on any atom is -0.495 e. The van der Waals surface area contributed by atoms with Gasteiger partial charge in [-0.25, -0.2) is 8.42 Å². The molecular formula is C26H29ClN2O6S. The van der Waals surface area contributed by atoms with Crippen molar-refractivity contribution in [3.05, 3.63) is 82.9 Å². The molecule has 3 rings (SSSR count). The van der Waals surface area contributed by atoms with Crippen LogP contribution in [0.3, 0.4) is 0 Å². The lowest BCUT2D eigenvalue weighted by Crippen LogP contribution is -2.48. The number of rotatable bonds is 11. The van der Waals surface area contributed by atoms with E-state index in [4.69, 9.17) is 25.8 Å². The number of nitrogens with one attached hydrogen (secondary N) is 2. The molecule has 10 heteroatoms. The zero-order chi connectivity index (χ0) is 26.3. The van der Waals surface area contributed by atoms with Crippen LogP contribution < -0.4 is 24.2 Å². The van der Waals surface area contributed by atoms with Gasteiger partial charge in [0.05, 0.1) is 37.3 Å². The molecule has 0 radical (unpaired) electrons. The Hall–Kier alpha value is -3.27. The van der Waals surface area contributed by atoms with Gasteiger partial charge in [-0.3, -0.25) is 4.79 Å². The number of hydrogen-bond donors (Lipinski definition) is 2. The molecule has 3 aromatic carbocycles. The van der Waals surface area contributed by atoms with Crippen LogP contribution in [0.2, 0.25) is 5.02 Å². The minimum atomic E-state index is -4.08. The van der Waals surface area contributed by atoms with Gasteiger partial charge >= 0.3 is 0 Å². The van der Waals surface area contributed by atoms with Crippen molar-refractivity contribution < 1.29 is 27.4 Å². The molecule has 192 valence electrons. The van der Waals surface area contributed by atoms with Gasteiger partial charge < -0.3 is 19.5 Å². The predicted octanol–water partition coefficient (Wildman–Crippen LogP) is 4.13. The molecule has 0 fully saturated rings. The maximum Gasteiger partial charge on any atom is 0.241 e. The maximum absolute atomic E-state index is 13.3. The normalized spacial score (nSPS) is 12.9. The highest BCUT2D eigenvalue weighted by Gasteiger charge is 2.28. The summed E-state index contributed by atoms with van der Waals surface area (Å²) in [6.45, 7) is 1.80. The van der Waals surface area contributed by atoms with Crippen LogP contribution in [0, 0.1) is 0 Å². The van der Waals surface area contributed by atoms with Crippen LogP contribution in [0.4, 0.5) is 0 Å². The lowest BCUT2D eigenvalue weighted by molar-refractivity contribution is -0.123. The second-order valence-corrected chi connectivity index (χ2v) is 10.1. The summed E-state index contributed by atoms with van der Waals surface area (Å²) in [4.78, 5) is 13.3. The van der Waals surface area contributed by atoms with Crippen LogP contribution in [0.15, 0.2) is 71.6 Å². The second kappa shape index (κ2) is 12.1. The Balaban J connectivity index is 1.86. The molecule has 36 heavy (non-hydrogen) atoms. The molecule has 0 bridgehead atoms. The average molecular weight is 533 g/mol. The number of benzene rings is 3. The number of carbonyl (C=O) groups excluding carboxylic acids is 1. The van der Waals surface area contributed by atoms with Crippen molar-refractivity contribution >= 4 is 27.5 Å². The highest BCUT2D eigenvalue weighted by molar-refractivity contribution is 7.89. The Labute approximate surface area is 216 Å². The van der Waals surface area contributed by atoms with Crippen molar-refractivity contribution in [3.63, 3.8) is 0 Å². The fourth-order valence-corrected chi connectivity index (χ4v) is 5.17. The smallest absolute Gasteiger partial charge is 0.241 e. The van der Waals surface area contributed by atoms with Gasteiger partial charge in [-0.15, -0.1) is 0 Å². The number of halogens is 1. The Morgan fingerprint density at radius 3 is 2.14 bits per heavy atom. The number of hydrogen-bond acceptors (Lipinski definition) is 6. The summed E-state index contributed by atoms with van der Waals surface area (Å²) in [5.41, 5.74) is 1.57. The molecule has 8 nitrogen and oxygen atoms in total. The fourth-order valence-electron chi connectivity index (χ4n) is 3.63. The Kier molecular flexibility index (Phi) is 9.19. The lowest BCUT2D eigenvalue weighted by atomic mass is 10.0. The molecule has 0 aliphatic carbocycles. The van der Waals surface area contributed by atoms with Gasteiger partial charge in [-0.1, -0.05) is 48.0 Å². The van der Waals surface area contributed by atoms with Crippen molar-refractivity contribution in [2.45, 2.75) is 30.3 Å². The van der Waals surface area contributed by atoms with Crippen LogP contribution in [-0.4, -0.2) is 41.7 Å². The topological polar surface area (TPSA) is 103 Å². The second-order valence-electron chi connectivity index (χ2n) is 8.00. The first-order valence-electron chi connectivity index (χ1n) is 11.1. The van der Waals surface area contributed by atoms with E-state index in [2.05, 4.69) is 10.0 Å². The van der Waals surface area contributed by atoms with Crippen LogP contribution in [0.25, 0.3) is 0 Å². The van der Waals surface area contributed by atoms with Crippen molar-refractivity contribution in [1.82, 2.24) is 10.0 Å². The molecule has 0 aromatic heterocycles. The first kappa shape index (κ1) is 27.3. The third-order valence-electron chi connectivity index (χ3n) is 5.60. The highest BCUT2D eigenvalue weighted by Crippen LogP contribution is 2.30. The maximum atomic E-state index is 13.3. The summed E-state index contributed by atoms with van der Waals surface area (Å²) in [5, 5.41) is 3.05.